The minimum Gasteiger partial charge on any atom is -0.506 e. The van der Waals surface area contributed by atoms with Gasteiger partial charge in [0.05, 0.1) is 10.7 Å². The van der Waals surface area contributed by atoms with Crippen LogP contribution in [0.4, 0.5) is 0 Å². The number of fused-ring (bicyclic) bond motifs is 1. The number of amides is 1. The third-order valence-corrected chi connectivity index (χ3v) is 4.73. The van der Waals surface area contributed by atoms with Crippen molar-refractivity contribution in [2.24, 2.45) is 5.10 Å². The summed E-state index contributed by atoms with van der Waals surface area (Å²) in [7, 11) is 0. The molecule has 130 valence electrons. The number of hydrogen-bond acceptors (Lipinski definition) is 6. The molecule has 1 atom stereocenters. The van der Waals surface area contributed by atoms with Crippen LogP contribution < -0.4 is 14.9 Å². The SMILES string of the molecule is O=C(NN=Cc1cc(Br)c(O)c(Br)c1O)[C@H]1COc2ccccc2O1. The summed E-state index contributed by atoms with van der Waals surface area (Å²) in [6, 6.07) is 8.52. The average Bonchev–Trinajstić information content (AvgIpc) is 2.63. The number of benzene rings is 2. The van der Waals surface area contributed by atoms with Crippen molar-refractivity contribution < 1.29 is 24.5 Å². The fourth-order valence-corrected chi connectivity index (χ4v) is 3.25. The van der Waals surface area contributed by atoms with Crippen molar-refractivity contribution in [1.82, 2.24) is 5.43 Å². The largest absolute Gasteiger partial charge is 0.506 e. The number of hydrazone groups is 1. The van der Waals surface area contributed by atoms with Crippen LogP contribution in [-0.4, -0.2) is 35.0 Å². The minimum absolute atomic E-state index is 0.0694. The zero-order valence-corrected chi connectivity index (χ0v) is 15.7. The second-order valence-corrected chi connectivity index (χ2v) is 6.70. The Morgan fingerprint density at radius 3 is 2.72 bits per heavy atom. The van der Waals surface area contributed by atoms with Gasteiger partial charge < -0.3 is 19.7 Å². The topological polar surface area (TPSA) is 100 Å². The predicted octanol–water partition coefficient (Wildman–Crippen LogP) is 2.91. The molecule has 3 rings (SSSR count). The summed E-state index contributed by atoms with van der Waals surface area (Å²) in [6.45, 7) is 0.0694. The van der Waals surface area contributed by atoms with Crippen LogP contribution in [0.15, 0.2) is 44.4 Å². The van der Waals surface area contributed by atoms with E-state index in [0.717, 1.165) is 0 Å². The smallest absolute Gasteiger partial charge is 0.284 e. The van der Waals surface area contributed by atoms with Gasteiger partial charge in [-0.15, -0.1) is 0 Å². The van der Waals surface area contributed by atoms with Gasteiger partial charge in [0.25, 0.3) is 5.91 Å². The predicted molar refractivity (Wildman–Crippen MR) is 97.3 cm³/mol. The lowest BCUT2D eigenvalue weighted by Crippen LogP contribution is -2.42. The second kappa shape index (κ2) is 7.32. The van der Waals surface area contributed by atoms with Gasteiger partial charge in [0.15, 0.2) is 11.5 Å². The van der Waals surface area contributed by atoms with Crippen molar-refractivity contribution in [2.45, 2.75) is 6.10 Å². The van der Waals surface area contributed by atoms with Gasteiger partial charge in [-0.3, -0.25) is 4.79 Å². The normalized spacial score (nSPS) is 16.0. The van der Waals surface area contributed by atoms with Gasteiger partial charge in [0, 0.05) is 5.56 Å². The van der Waals surface area contributed by atoms with Crippen molar-refractivity contribution in [3.05, 3.63) is 44.8 Å². The molecule has 2 aromatic rings. The van der Waals surface area contributed by atoms with Crippen LogP contribution in [0.25, 0.3) is 0 Å². The number of nitrogens with one attached hydrogen (secondary N) is 1. The van der Waals surface area contributed by atoms with Gasteiger partial charge in [0.2, 0.25) is 6.10 Å². The number of phenolic OH excluding ortho intramolecular Hbond substituents is 2. The molecule has 7 nitrogen and oxygen atoms in total. The van der Waals surface area contributed by atoms with Crippen LogP contribution in [0.5, 0.6) is 23.0 Å². The summed E-state index contributed by atoms with van der Waals surface area (Å²) in [5.41, 5.74) is 2.63. The molecule has 25 heavy (non-hydrogen) atoms. The molecule has 0 aliphatic carbocycles. The Labute approximate surface area is 159 Å². The van der Waals surface area contributed by atoms with Crippen LogP contribution in [-0.2, 0) is 4.79 Å². The maximum absolute atomic E-state index is 12.1. The first-order valence-corrected chi connectivity index (χ1v) is 8.67. The molecule has 0 bridgehead atoms. The minimum atomic E-state index is -0.834. The average molecular weight is 472 g/mol. The first kappa shape index (κ1) is 17.6. The van der Waals surface area contributed by atoms with Gasteiger partial charge in [-0.2, -0.15) is 5.10 Å². The maximum atomic E-state index is 12.1. The molecule has 1 amide bonds. The van der Waals surface area contributed by atoms with Gasteiger partial charge in [-0.25, -0.2) is 5.43 Å². The Kier molecular flexibility index (Phi) is 5.14. The monoisotopic (exact) mass is 470 g/mol. The molecule has 0 aromatic heterocycles. The number of halogens is 2. The number of aromatic hydroxyl groups is 2. The Morgan fingerprint density at radius 2 is 1.96 bits per heavy atom. The van der Waals surface area contributed by atoms with E-state index in [0.29, 0.717) is 21.5 Å². The number of phenols is 2. The highest BCUT2D eigenvalue weighted by atomic mass is 79.9. The number of ether oxygens (including phenoxy) is 2. The number of rotatable bonds is 3. The summed E-state index contributed by atoms with van der Waals surface area (Å²) >= 11 is 6.22. The summed E-state index contributed by atoms with van der Waals surface area (Å²) in [5.74, 6) is 0.248. The lowest BCUT2D eigenvalue weighted by atomic mass is 10.2. The van der Waals surface area contributed by atoms with Crippen LogP contribution in [0.1, 0.15) is 5.56 Å². The van der Waals surface area contributed by atoms with E-state index in [-0.39, 0.29) is 22.6 Å². The summed E-state index contributed by atoms with van der Waals surface area (Å²) in [4.78, 5) is 12.1. The molecule has 0 spiro atoms. The number of carbonyl (C=O) groups is 1. The van der Waals surface area contributed by atoms with E-state index in [2.05, 4.69) is 42.4 Å². The van der Waals surface area contributed by atoms with E-state index >= 15 is 0 Å². The summed E-state index contributed by atoms with van der Waals surface area (Å²) in [6.07, 6.45) is 0.416. The highest BCUT2D eigenvalue weighted by Gasteiger charge is 2.27. The molecule has 2 aromatic carbocycles. The molecule has 0 radical (unpaired) electrons. The number of para-hydroxylation sites is 2. The van der Waals surface area contributed by atoms with Crippen LogP contribution >= 0.6 is 31.9 Å². The fourth-order valence-electron chi connectivity index (χ4n) is 2.10. The zero-order valence-electron chi connectivity index (χ0n) is 12.6. The molecule has 0 fully saturated rings. The highest BCUT2D eigenvalue weighted by molar-refractivity contribution is 9.11. The molecule has 0 saturated carbocycles. The molecular weight excluding hydrogens is 460 g/mol. The maximum Gasteiger partial charge on any atom is 0.284 e. The number of nitrogens with zero attached hydrogens (tertiary/aromatic N) is 1. The van der Waals surface area contributed by atoms with Crippen molar-refractivity contribution >= 4 is 44.0 Å². The first-order valence-electron chi connectivity index (χ1n) is 7.08. The number of carbonyl (C=O) groups excluding carboxylic acids is 1. The van der Waals surface area contributed by atoms with Crippen molar-refractivity contribution in [3.63, 3.8) is 0 Å². The van der Waals surface area contributed by atoms with Gasteiger partial charge in [-0.1, -0.05) is 12.1 Å². The Hall–Kier alpha value is -2.26. The van der Waals surface area contributed by atoms with Crippen molar-refractivity contribution in [2.75, 3.05) is 6.61 Å². The van der Waals surface area contributed by atoms with E-state index in [9.17, 15) is 15.0 Å². The van der Waals surface area contributed by atoms with Gasteiger partial charge >= 0.3 is 0 Å². The lowest BCUT2D eigenvalue weighted by molar-refractivity contribution is -0.130. The highest BCUT2D eigenvalue weighted by Crippen LogP contribution is 2.40. The lowest BCUT2D eigenvalue weighted by Gasteiger charge is -2.24. The molecule has 1 aliphatic heterocycles. The second-order valence-electron chi connectivity index (χ2n) is 5.06. The quantitative estimate of drug-likeness (QED) is 0.472. The number of hydrogen-bond donors (Lipinski definition) is 3. The molecule has 9 heteroatoms. The van der Waals surface area contributed by atoms with Crippen LogP contribution in [0.3, 0.4) is 0 Å². The Balaban J connectivity index is 1.66. The third-order valence-electron chi connectivity index (χ3n) is 3.38. The molecule has 0 saturated heterocycles. The van der Waals surface area contributed by atoms with E-state index < -0.39 is 12.0 Å². The molecular formula is C16H12Br2N2O5. The Bertz CT molecular complexity index is 857. The molecule has 3 N–H and O–H groups in total. The standard InChI is InChI=1S/C16H12Br2N2O5/c17-9-5-8(14(21)13(18)15(9)22)6-19-20-16(23)12-7-24-10-3-1-2-4-11(10)25-12/h1-6,12,21-22H,7H2,(H,20,23)/t12-/m1/s1. The van der Waals surface area contributed by atoms with Gasteiger partial charge in [-0.05, 0) is 50.1 Å². The third kappa shape index (κ3) is 3.72. The molecule has 1 heterocycles. The van der Waals surface area contributed by atoms with Crippen LogP contribution in [0.2, 0.25) is 0 Å². The van der Waals surface area contributed by atoms with Crippen LogP contribution in [0, 0.1) is 0 Å². The fraction of sp³-hybridized carbons (Fsp3) is 0.125. The van der Waals surface area contributed by atoms with E-state index in [4.69, 9.17) is 9.47 Å². The van der Waals surface area contributed by atoms with E-state index in [1.54, 1.807) is 18.2 Å². The summed E-state index contributed by atoms with van der Waals surface area (Å²) in [5, 5.41) is 23.4. The first-order chi connectivity index (χ1) is 12.0. The van der Waals surface area contributed by atoms with Crippen molar-refractivity contribution in [3.8, 4) is 23.0 Å². The molecule has 1 aliphatic rings. The van der Waals surface area contributed by atoms with Crippen molar-refractivity contribution in [1.29, 1.82) is 0 Å². The van der Waals surface area contributed by atoms with E-state index in [1.807, 2.05) is 6.07 Å². The molecule has 0 unspecified atom stereocenters. The van der Waals surface area contributed by atoms with E-state index in [1.165, 1.54) is 12.3 Å². The Morgan fingerprint density at radius 1 is 1.24 bits per heavy atom. The van der Waals surface area contributed by atoms with Gasteiger partial charge in [0.1, 0.15) is 22.6 Å². The summed E-state index contributed by atoms with van der Waals surface area (Å²) < 4.78 is 11.5. The zero-order chi connectivity index (χ0) is 18.0.